The second-order valence-electron chi connectivity index (χ2n) is 5.17. The SMILES string of the molecule is Cc1noc(C)c1CSCC(=O)Nc1ccc2c(c1)OC(F)(F)O2. The number of aryl methyl sites for hydroxylation is 2. The first-order chi connectivity index (χ1) is 11.3. The molecule has 0 atom stereocenters. The monoisotopic (exact) mass is 356 g/mol. The minimum Gasteiger partial charge on any atom is -0.395 e. The molecule has 0 fully saturated rings. The molecule has 1 aliphatic rings. The first kappa shape index (κ1) is 16.6. The van der Waals surface area contributed by atoms with Gasteiger partial charge in [0.2, 0.25) is 5.91 Å². The van der Waals surface area contributed by atoms with Gasteiger partial charge in [0, 0.05) is 23.1 Å². The van der Waals surface area contributed by atoms with Gasteiger partial charge in [0.25, 0.3) is 0 Å². The van der Waals surface area contributed by atoms with Crippen molar-refractivity contribution in [1.29, 1.82) is 0 Å². The number of rotatable bonds is 5. The van der Waals surface area contributed by atoms with Crippen molar-refractivity contribution in [3.8, 4) is 11.5 Å². The Hall–Kier alpha value is -2.29. The number of amides is 1. The molecule has 1 N–H and O–H groups in total. The summed E-state index contributed by atoms with van der Waals surface area (Å²) in [5, 5.41) is 6.48. The Morgan fingerprint density at radius 3 is 2.75 bits per heavy atom. The van der Waals surface area contributed by atoms with E-state index in [9.17, 15) is 13.6 Å². The zero-order chi connectivity index (χ0) is 17.3. The maximum atomic E-state index is 12.9. The molecule has 24 heavy (non-hydrogen) atoms. The van der Waals surface area contributed by atoms with Gasteiger partial charge in [-0.3, -0.25) is 4.79 Å². The molecular formula is C15H14F2N2O4S. The van der Waals surface area contributed by atoms with Crippen molar-refractivity contribution in [3.63, 3.8) is 0 Å². The number of fused-ring (bicyclic) bond motifs is 1. The lowest BCUT2D eigenvalue weighted by atomic mass is 10.2. The lowest BCUT2D eigenvalue weighted by Crippen LogP contribution is -2.25. The third-order valence-corrected chi connectivity index (χ3v) is 4.30. The molecule has 128 valence electrons. The third-order valence-electron chi connectivity index (χ3n) is 3.35. The summed E-state index contributed by atoms with van der Waals surface area (Å²) in [7, 11) is 0. The number of hydrogen-bond donors (Lipinski definition) is 1. The molecule has 0 radical (unpaired) electrons. The molecule has 9 heteroatoms. The summed E-state index contributed by atoms with van der Waals surface area (Å²) in [6.45, 7) is 3.66. The summed E-state index contributed by atoms with van der Waals surface area (Å²) >= 11 is 1.40. The zero-order valence-corrected chi connectivity index (χ0v) is 13.7. The van der Waals surface area contributed by atoms with Gasteiger partial charge < -0.3 is 19.3 Å². The highest BCUT2D eigenvalue weighted by atomic mass is 32.2. The third kappa shape index (κ3) is 3.61. The van der Waals surface area contributed by atoms with E-state index in [1.54, 1.807) is 0 Å². The van der Waals surface area contributed by atoms with Gasteiger partial charge in [-0.25, -0.2) is 0 Å². The van der Waals surface area contributed by atoms with Crippen LogP contribution < -0.4 is 14.8 Å². The number of aromatic nitrogens is 1. The van der Waals surface area contributed by atoms with Crippen molar-refractivity contribution in [2.45, 2.75) is 25.9 Å². The van der Waals surface area contributed by atoms with E-state index in [0.717, 1.165) is 17.0 Å². The number of alkyl halides is 2. The number of nitrogens with zero attached hydrogens (tertiary/aromatic N) is 1. The highest BCUT2D eigenvalue weighted by Gasteiger charge is 2.43. The number of benzene rings is 1. The highest BCUT2D eigenvalue weighted by molar-refractivity contribution is 7.99. The smallest absolute Gasteiger partial charge is 0.395 e. The first-order valence-corrected chi connectivity index (χ1v) is 8.19. The van der Waals surface area contributed by atoms with Crippen LogP contribution in [0, 0.1) is 13.8 Å². The van der Waals surface area contributed by atoms with E-state index in [1.165, 1.54) is 30.0 Å². The van der Waals surface area contributed by atoms with Crippen LogP contribution in [-0.4, -0.2) is 23.1 Å². The number of ether oxygens (including phenoxy) is 2. The Morgan fingerprint density at radius 1 is 1.29 bits per heavy atom. The van der Waals surface area contributed by atoms with Gasteiger partial charge in [0.1, 0.15) is 5.76 Å². The van der Waals surface area contributed by atoms with E-state index in [4.69, 9.17) is 4.52 Å². The molecule has 0 saturated heterocycles. The molecule has 1 aliphatic heterocycles. The minimum atomic E-state index is -3.67. The molecule has 6 nitrogen and oxygen atoms in total. The Kier molecular flexibility index (Phi) is 4.35. The Bertz CT molecular complexity index is 759. The van der Waals surface area contributed by atoms with Crippen LogP contribution in [-0.2, 0) is 10.5 Å². The number of nitrogens with one attached hydrogen (secondary N) is 1. The van der Waals surface area contributed by atoms with Crippen molar-refractivity contribution >= 4 is 23.4 Å². The molecule has 0 aliphatic carbocycles. The van der Waals surface area contributed by atoms with Crippen molar-refractivity contribution in [3.05, 3.63) is 35.2 Å². The van der Waals surface area contributed by atoms with E-state index in [1.807, 2.05) is 13.8 Å². The summed E-state index contributed by atoms with van der Waals surface area (Å²) in [5.41, 5.74) is 2.13. The van der Waals surface area contributed by atoms with Crippen molar-refractivity contribution in [2.75, 3.05) is 11.1 Å². The second kappa shape index (κ2) is 6.31. The summed E-state index contributed by atoms with van der Waals surface area (Å²) in [6, 6.07) is 4.09. The van der Waals surface area contributed by atoms with Crippen molar-refractivity contribution in [1.82, 2.24) is 5.16 Å². The standard InChI is InChI=1S/C15H14F2N2O4S/c1-8-11(9(2)23-19-8)6-24-7-14(20)18-10-3-4-12-13(5-10)22-15(16,17)21-12/h3-5H,6-7H2,1-2H3,(H,18,20). The van der Waals surface area contributed by atoms with Crippen LogP contribution in [0.25, 0.3) is 0 Å². The Morgan fingerprint density at radius 2 is 2.04 bits per heavy atom. The maximum Gasteiger partial charge on any atom is 0.586 e. The van der Waals surface area contributed by atoms with Gasteiger partial charge >= 0.3 is 6.29 Å². The summed E-state index contributed by atoms with van der Waals surface area (Å²) in [4.78, 5) is 11.9. The molecule has 0 bridgehead atoms. The first-order valence-electron chi connectivity index (χ1n) is 7.03. The van der Waals surface area contributed by atoms with Crippen LogP contribution in [0.4, 0.5) is 14.5 Å². The van der Waals surface area contributed by atoms with Crippen LogP contribution in [0.1, 0.15) is 17.0 Å². The molecule has 0 unspecified atom stereocenters. The largest absolute Gasteiger partial charge is 0.586 e. The van der Waals surface area contributed by atoms with Gasteiger partial charge in [-0.05, 0) is 26.0 Å². The maximum absolute atomic E-state index is 12.9. The van der Waals surface area contributed by atoms with Crippen LogP contribution in [0.15, 0.2) is 22.7 Å². The second-order valence-corrected chi connectivity index (χ2v) is 6.16. The van der Waals surface area contributed by atoms with Gasteiger partial charge in [0.15, 0.2) is 11.5 Å². The van der Waals surface area contributed by atoms with Crippen molar-refractivity contribution in [2.24, 2.45) is 0 Å². The van der Waals surface area contributed by atoms with E-state index in [0.29, 0.717) is 11.4 Å². The van der Waals surface area contributed by atoms with Gasteiger partial charge in [-0.2, -0.15) is 0 Å². The fourth-order valence-electron chi connectivity index (χ4n) is 2.18. The van der Waals surface area contributed by atoms with Crippen LogP contribution >= 0.6 is 11.8 Å². The highest BCUT2D eigenvalue weighted by Crippen LogP contribution is 2.42. The van der Waals surface area contributed by atoms with E-state index in [2.05, 4.69) is 19.9 Å². The molecule has 0 spiro atoms. The normalized spacial score (nSPS) is 14.7. The van der Waals surface area contributed by atoms with Crippen molar-refractivity contribution < 1.29 is 27.6 Å². The number of halogens is 2. The topological polar surface area (TPSA) is 73.6 Å². The average molecular weight is 356 g/mol. The number of carbonyl (C=O) groups is 1. The molecule has 0 saturated carbocycles. The number of thioether (sulfide) groups is 1. The number of anilines is 1. The average Bonchev–Trinajstić information content (AvgIpc) is 2.98. The van der Waals surface area contributed by atoms with E-state index < -0.39 is 6.29 Å². The predicted molar refractivity (Wildman–Crippen MR) is 83.4 cm³/mol. The molecule has 1 amide bonds. The van der Waals surface area contributed by atoms with Crippen LogP contribution in [0.5, 0.6) is 11.5 Å². The quantitative estimate of drug-likeness (QED) is 0.884. The fourth-order valence-corrected chi connectivity index (χ4v) is 3.15. The molecular weight excluding hydrogens is 342 g/mol. The fraction of sp³-hybridized carbons (Fsp3) is 0.333. The zero-order valence-electron chi connectivity index (χ0n) is 12.9. The summed E-state index contributed by atoms with van der Waals surface area (Å²) in [5.74, 6) is 1.11. The Labute approximate surface area is 140 Å². The molecule has 1 aromatic heterocycles. The van der Waals surface area contributed by atoms with Gasteiger partial charge in [-0.15, -0.1) is 20.5 Å². The number of hydrogen-bond acceptors (Lipinski definition) is 6. The lowest BCUT2D eigenvalue weighted by molar-refractivity contribution is -0.286. The molecule has 3 rings (SSSR count). The lowest BCUT2D eigenvalue weighted by Gasteiger charge is -2.06. The summed E-state index contributed by atoms with van der Waals surface area (Å²) in [6.07, 6.45) is -3.67. The molecule has 1 aromatic carbocycles. The van der Waals surface area contributed by atoms with Crippen LogP contribution in [0.2, 0.25) is 0 Å². The molecule has 2 heterocycles. The summed E-state index contributed by atoms with van der Waals surface area (Å²) < 4.78 is 39.6. The van der Waals surface area contributed by atoms with Gasteiger partial charge in [0.05, 0.1) is 11.4 Å². The molecule has 2 aromatic rings. The minimum absolute atomic E-state index is 0.0641. The number of carbonyl (C=O) groups excluding carboxylic acids is 1. The van der Waals surface area contributed by atoms with Gasteiger partial charge in [-0.1, -0.05) is 5.16 Å². The predicted octanol–water partition coefficient (Wildman–Crippen LogP) is 3.48. The van der Waals surface area contributed by atoms with Crippen LogP contribution in [0.3, 0.4) is 0 Å². The van der Waals surface area contributed by atoms with E-state index in [-0.39, 0.29) is 23.2 Å². The van der Waals surface area contributed by atoms with E-state index >= 15 is 0 Å². The Balaban J connectivity index is 1.53.